The van der Waals surface area contributed by atoms with E-state index < -0.39 is 0 Å². The van der Waals surface area contributed by atoms with Gasteiger partial charge in [-0.2, -0.15) is 0 Å². The second-order valence-electron chi connectivity index (χ2n) is 5.64. The predicted molar refractivity (Wildman–Crippen MR) is 84.9 cm³/mol. The number of nitrogens with two attached hydrogens (primary N) is 1. The lowest BCUT2D eigenvalue weighted by Crippen LogP contribution is -2.45. The molecule has 0 heterocycles. The molecule has 3 nitrogen and oxygen atoms in total. The Bertz CT molecular complexity index is 470. The summed E-state index contributed by atoms with van der Waals surface area (Å²) in [4.78, 5) is 0. The molecule has 0 aliphatic carbocycles. The van der Waals surface area contributed by atoms with Crippen LogP contribution in [-0.4, -0.2) is 19.2 Å². The maximum Gasteiger partial charge on any atom is 0.126 e. The van der Waals surface area contributed by atoms with Gasteiger partial charge in [-0.05, 0) is 51.3 Å². The van der Waals surface area contributed by atoms with Crippen LogP contribution < -0.4 is 15.8 Å². The monoisotopic (exact) mass is 328 g/mol. The topological polar surface area (TPSA) is 47.3 Å². The molecule has 0 bridgehead atoms. The molecule has 0 atom stereocenters. The number of rotatable bonds is 5. The molecule has 0 saturated carbocycles. The Hall–Kier alpha value is -0.580. The molecule has 3 N–H and O–H groups in total. The summed E-state index contributed by atoms with van der Waals surface area (Å²) < 4.78 is 6.76. The molecule has 0 aliphatic rings. The van der Waals surface area contributed by atoms with Crippen LogP contribution >= 0.6 is 15.9 Å². The van der Waals surface area contributed by atoms with Crippen molar-refractivity contribution in [2.75, 3.05) is 13.7 Å². The lowest BCUT2D eigenvalue weighted by molar-refractivity contribution is 0.377. The van der Waals surface area contributed by atoms with Gasteiger partial charge in [0.25, 0.3) is 0 Å². The molecule has 0 aliphatic heterocycles. The number of halogens is 1. The molecule has 1 aromatic carbocycles. The minimum Gasteiger partial charge on any atom is -0.496 e. The highest BCUT2D eigenvalue weighted by Gasteiger charge is 2.20. The lowest BCUT2D eigenvalue weighted by Gasteiger charge is -2.26. The number of ether oxygens (including phenoxy) is 1. The first-order chi connectivity index (χ1) is 8.75. The van der Waals surface area contributed by atoms with Crippen molar-refractivity contribution < 1.29 is 4.74 Å². The predicted octanol–water partition coefficient (Wildman–Crippen LogP) is 3.21. The average Bonchev–Trinajstić information content (AvgIpc) is 2.39. The van der Waals surface area contributed by atoms with E-state index in [0.717, 1.165) is 16.8 Å². The van der Waals surface area contributed by atoms with Crippen LogP contribution in [0.3, 0.4) is 0 Å². The van der Waals surface area contributed by atoms with Crippen molar-refractivity contribution in [3.63, 3.8) is 0 Å². The van der Waals surface area contributed by atoms with Gasteiger partial charge in [0.05, 0.1) is 7.11 Å². The highest BCUT2D eigenvalue weighted by Crippen LogP contribution is 2.36. The maximum absolute atomic E-state index is 5.76. The van der Waals surface area contributed by atoms with Gasteiger partial charge in [0, 0.05) is 28.7 Å². The van der Waals surface area contributed by atoms with Crippen molar-refractivity contribution in [3.8, 4) is 5.75 Å². The smallest absolute Gasteiger partial charge is 0.126 e. The molecule has 0 saturated heterocycles. The number of benzene rings is 1. The van der Waals surface area contributed by atoms with E-state index in [9.17, 15) is 0 Å². The molecule has 0 spiro atoms. The molecule has 1 rings (SSSR count). The Morgan fingerprint density at radius 2 is 1.74 bits per heavy atom. The molecule has 0 radical (unpaired) electrons. The van der Waals surface area contributed by atoms with Gasteiger partial charge >= 0.3 is 0 Å². The Balaban J connectivity index is 3.20. The fourth-order valence-electron chi connectivity index (χ4n) is 2.03. The molecule has 19 heavy (non-hydrogen) atoms. The van der Waals surface area contributed by atoms with E-state index in [4.69, 9.17) is 10.5 Å². The number of methoxy groups -OCH3 is 1. The van der Waals surface area contributed by atoms with E-state index in [1.807, 2.05) is 0 Å². The third-order valence-electron chi connectivity index (χ3n) is 3.75. The Morgan fingerprint density at radius 3 is 2.21 bits per heavy atom. The standard InChI is InChI=1S/C15H25BrN2O/c1-9-10(2)14(19-6)12(11(3)13(9)16)7-18-15(4,5)8-17/h18H,7-8,17H2,1-6H3. The number of nitrogens with one attached hydrogen (secondary N) is 1. The van der Waals surface area contributed by atoms with Gasteiger partial charge in [0.1, 0.15) is 5.75 Å². The first-order valence-corrected chi connectivity index (χ1v) is 7.31. The van der Waals surface area contributed by atoms with E-state index in [2.05, 4.69) is 55.9 Å². The Morgan fingerprint density at radius 1 is 1.16 bits per heavy atom. The molecule has 0 aromatic heterocycles. The summed E-state index contributed by atoms with van der Waals surface area (Å²) in [6, 6.07) is 0. The SMILES string of the molecule is COc1c(C)c(C)c(Br)c(C)c1CNC(C)(C)CN. The van der Waals surface area contributed by atoms with Crippen LogP contribution in [0.4, 0.5) is 0 Å². The van der Waals surface area contributed by atoms with Crippen LogP contribution in [0.2, 0.25) is 0 Å². The van der Waals surface area contributed by atoms with Gasteiger partial charge in [-0.1, -0.05) is 15.9 Å². The minimum absolute atomic E-state index is 0.0806. The summed E-state index contributed by atoms with van der Waals surface area (Å²) in [5.41, 5.74) is 10.5. The van der Waals surface area contributed by atoms with Crippen molar-refractivity contribution in [3.05, 3.63) is 26.7 Å². The molecule has 108 valence electrons. The van der Waals surface area contributed by atoms with E-state index in [1.54, 1.807) is 7.11 Å². The van der Waals surface area contributed by atoms with Crippen LogP contribution in [0.1, 0.15) is 36.1 Å². The highest BCUT2D eigenvalue weighted by molar-refractivity contribution is 9.10. The van der Waals surface area contributed by atoms with Gasteiger partial charge in [-0.15, -0.1) is 0 Å². The first-order valence-electron chi connectivity index (χ1n) is 6.52. The molecule has 0 unspecified atom stereocenters. The van der Waals surface area contributed by atoms with Gasteiger partial charge < -0.3 is 15.8 Å². The van der Waals surface area contributed by atoms with Crippen LogP contribution in [0.15, 0.2) is 4.47 Å². The third-order valence-corrected chi connectivity index (χ3v) is 4.94. The summed E-state index contributed by atoms with van der Waals surface area (Å²) in [7, 11) is 1.73. The van der Waals surface area contributed by atoms with Crippen LogP contribution in [-0.2, 0) is 6.54 Å². The number of hydrogen-bond donors (Lipinski definition) is 2. The van der Waals surface area contributed by atoms with Gasteiger partial charge in [-0.25, -0.2) is 0 Å². The zero-order valence-corrected chi connectivity index (χ0v) is 14.4. The van der Waals surface area contributed by atoms with E-state index in [0.29, 0.717) is 6.54 Å². The summed E-state index contributed by atoms with van der Waals surface area (Å²) in [5, 5.41) is 3.49. The first kappa shape index (κ1) is 16.5. The Kier molecular flexibility index (Phi) is 5.42. The van der Waals surface area contributed by atoms with Crippen LogP contribution in [0.5, 0.6) is 5.75 Å². The van der Waals surface area contributed by atoms with Crippen molar-refractivity contribution >= 4 is 15.9 Å². The maximum atomic E-state index is 5.76. The zero-order valence-electron chi connectivity index (χ0n) is 12.8. The summed E-state index contributed by atoms with van der Waals surface area (Å²) in [6.45, 7) is 11.9. The van der Waals surface area contributed by atoms with E-state index in [-0.39, 0.29) is 5.54 Å². The second kappa shape index (κ2) is 6.25. The lowest BCUT2D eigenvalue weighted by atomic mass is 9.97. The highest BCUT2D eigenvalue weighted by atomic mass is 79.9. The molecule has 4 heteroatoms. The zero-order chi connectivity index (χ0) is 14.8. The van der Waals surface area contributed by atoms with Gasteiger partial charge in [0.15, 0.2) is 0 Å². The quantitative estimate of drug-likeness (QED) is 0.872. The van der Waals surface area contributed by atoms with Gasteiger partial charge in [0.2, 0.25) is 0 Å². The Labute approximate surface area is 125 Å². The average molecular weight is 329 g/mol. The largest absolute Gasteiger partial charge is 0.496 e. The molecule has 0 amide bonds. The fourth-order valence-corrected chi connectivity index (χ4v) is 2.57. The fraction of sp³-hybridized carbons (Fsp3) is 0.600. The molecule has 0 fully saturated rings. The normalized spacial score (nSPS) is 11.8. The second-order valence-corrected chi connectivity index (χ2v) is 6.44. The van der Waals surface area contributed by atoms with E-state index >= 15 is 0 Å². The van der Waals surface area contributed by atoms with Crippen molar-refractivity contribution in [1.29, 1.82) is 0 Å². The molecular formula is C15H25BrN2O. The summed E-state index contributed by atoms with van der Waals surface area (Å²) in [5.74, 6) is 0.971. The van der Waals surface area contributed by atoms with Crippen molar-refractivity contribution in [1.82, 2.24) is 5.32 Å². The summed E-state index contributed by atoms with van der Waals surface area (Å²) in [6.07, 6.45) is 0. The van der Waals surface area contributed by atoms with E-state index in [1.165, 1.54) is 22.3 Å². The van der Waals surface area contributed by atoms with Crippen LogP contribution in [0.25, 0.3) is 0 Å². The van der Waals surface area contributed by atoms with Crippen LogP contribution in [0, 0.1) is 20.8 Å². The van der Waals surface area contributed by atoms with Crippen molar-refractivity contribution in [2.45, 2.75) is 46.7 Å². The minimum atomic E-state index is -0.0806. The van der Waals surface area contributed by atoms with Crippen molar-refractivity contribution in [2.24, 2.45) is 5.73 Å². The number of hydrogen-bond acceptors (Lipinski definition) is 3. The molecular weight excluding hydrogens is 304 g/mol. The third kappa shape index (κ3) is 3.50. The molecule has 1 aromatic rings. The summed E-state index contributed by atoms with van der Waals surface area (Å²) >= 11 is 3.67. The van der Waals surface area contributed by atoms with Gasteiger partial charge in [-0.3, -0.25) is 0 Å².